The number of amides is 2. The maximum Gasteiger partial charge on any atom is 0.255 e. The Balaban J connectivity index is 2.23. The number of anilines is 1. The average Bonchev–Trinajstić information content (AvgIpc) is 2.54. The number of para-hydroxylation sites is 1. The van der Waals surface area contributed by atoms with Gasteiger partial charge >= 0.3 is 0 Å². The van der Waals surface area contributed by atoms with Gasteiger partial charge in [-0.15, -0.1) is 0 Å². The third-order valence-corrected chi connectivity index (χ3v) is 3.55. The van der Waals surface area contributed by atoms with Gasteiger partial charge in [0.05, 0.1) is 23.4 Å². The van der Waals surface area contributed by atoms with Crippen molar-refractivity contribution >= 4 is 29.1 Å². The third kappa shape index (κ3) is 4.26. The molecule has 0 fully saturated rings. The fourth-order valence-electron chi connectivity index (χ4n) is 2.13. The SMILES string of the molecule is COc1ccc(C(=O)Nc2ccccc2C(=O)NC(C)C)cc1Cl. The van der Waals surface area contributed by atoms with Crippen molar-refractivity contribution in [1.82, 2.24) is 5.32 Å². The van der Waals surface area contributed by atoms with E-state index in [0.29, 0.717) is 27.6 Å². The molecular formula is C18H19ClN2O3. The standard InChI is InChI=1S/C18H19ClN2O3/c1-11(2)20-18(23)13-6-4-5-7-15(13)21-17(22)12-8-9-16(24-3)14(19)10-12/h4-11H,1-3H3,(H,20,23)(H,21,22). The minimum Gasteiger partial charge on any atom is -0.495 e. The molecule has 0 aliphatic heterocycles. The van der Waals surface area contributed by atoms with Gasteiger partial charge in [0, 0.05) is 11.6 Å². The van der Waals surface area contributed by atoms with Crippen LogP contribution in [0.2, 0.25) is 5.02 Å². The van der Waals surface area contributed by atoms with Gasteiger partial charge in [0.1, 0.15) is 5.75 Å². The summed E-state index contributed by atoms with van der Waals surface area (Å²) in [5.41, 5.74) is 1.21. The molecule has 24 heavy (non-hydrogen) atoms. The third-order valence-electron chi connectivity index (χ3n) is 3.25. The molecule has 0 heterocycles. The highest BCUT2D eigenvalue weighted by Gasteiger charge is 2.15. The maximum atomic E-state index is 12.4. The van der Waals surface area contributed by atoms with Crippen LogP contribution in [-0.2, 0) is 0 Å². The zero-order valence-electron chi connectivity index (χ0n) is 13.7. The number of methoxy groups -OCH3 is 1. The van der Waals surface area contributed by atoms with Crippen LogP contribution in [0.4, 0.5) is 5.69 Å². The van der Waals surface area contributed by atoms with E-state index in [1.54, 1.807) is 36.4 Å². The van der Waals surface area contributed by atoms with Crippen molar-refractivity contribution in [3.63, 3.8) is 0 Å². The number of benzene rings is 2. The van der Waals surface area contributed by atoms with Crippen LogP contribution in [0, 0.1) is 0 Å². The lowest BCUT2D eigenvalue weighted by Gasteiger charge is -2.13. The van der Waals surface area contributed by atoms with Crippen LogP contribution in [0.15, 0.2) is 42.5 Å². The van der Waals surface area contributed by atoms with E-state index in [1.807, 2.05) is 13.8 Å². The van der Waals surface area contributed by atoms with Gasteiger partial charge in [-0.2, -0.15) is 0 Å². The molecule has 0 bridgehead atoms. The van der Waals surface area contributed by atoms with E-state index in [0.717, 1.165) is 0 Å². The Kier molecular flexibility index (Phi) is 5.82. The molecule has 0 unspecified atom stereocenters. The highest BCUT2D eigenvalue weighted by atomic mass is 35.5. The molecule has 126 valence electrons. The second-order valence-corrected chi connectivity index (χ2v) is 5.88. The minimum atomic E-state index is -0.357. The summed E-state index contributed by atoms with van der Waals surface area (Å²) in [4.78, 5) is 24.7. The molecule has 6 heteroatoms. The fourth-order valence-corrected chi connectivity index (χ4v) is 2.39. The highest BCUT2D eigenvalue weighted by molar-refractivity contribution is 6.32. The molecule has 2 aromatic rings. The second-order valence-electron chi connectivity index (χ2n) is 5.48. The largest absolute Gasteiger partial charge is 0.495 e. The first-order chi connectivity index (χ1) is 11.4. The quantitative estimate of drug-likeness (QED) is 0.866. The van der Waals surface area contributed by atoms with Crippen molar-refractivity contribution in [2.24, 2.45) is 0 Å². The molecule has 0 radical (unpaired) electrons. The Labute approximate surface area is 146 Å². The maximum absolute atomic E-state index is 12.4. The van der Waals surface area contributed by atoms with E-state index in [4.69, 9.17) is 16.3 Å². The van der Waals surface area contributed by atoms with Crippen molar-refractivity contribution < 1.29 is 14.3 Å². The van der Waals surface area contributed by atoms with Crippen molar-refractivity contribution in [3.05, 3.63) is 58.6 Å². The molecule has 0 aliphatic rings. The lowest BCUT2D eigenvalue weighted by molar-refractivity contribution is 0.0944. The van der Waals surface area contributed by atoms with Gasteiger partial charge in [0.15, 0.2) is 0 Å². The highest BCUT2D eigenvalue weighted by Crippen LogP contribution is 2.25. The number of hydrogen-bond donors (Lipinski definition) is 2. The number of carbonyl (C=O) groups excluding carboxylic acids is 2. The molecule has 5 nitrogen and oxygen atoms in total. The summed E-state index contributed by atoms with van der Waals surface area (Å²) < 4.78 is 5.07. The molecule has 0 spiro atoms. The number of hydrogen-bond acceptors (Lipinski definition) is 3. The molecule has 0 aliphatic carbocycles. The first-order valence-corrected chi connectivity index (χ1v) is 7.85. The van der Waals surface area contributed by atoms with Gasteiger partial charge in [0.25, 0.3) is 11.8 Å². The summed E-state index contributed by atoms with van der Waals surface area (Å²) in [6.07, 6.45) is 0. The average molecular weight is 347 g/mol. The molecule has 2 amide bonds. The zero-order valence-corrected chi connectivity index (χ0v) is 14.5. The first-order valence-electron chi connectivity index (χ1n) is 7.47. The van der Waals surface area contributed by atoms with E-state index in [2.05, 4.69) is 10.6 Å². The molecule has 0 aromatic heterocycles. The number of carbonyl (C=O) groups is 2. The zero-order chi connectivity index (χ0) is 17.7. The molecule has 2 N–H and O–H groups in total. The van der Waals surface area contributed by atoms with Crippen LogP contribution in [0.25, 0.3) is 0 Å². The molecule has 2 aromatic carbocycles. The van der Waals surface area contributed by atoms with Crippen molar-refractivity contribution in [1.29, 1.82) is 0 Å². The van der Waals surface area contributed by atoms with E-state index in [1.165, 1.54) is 13.2 Å². The van der Waals surface area contributed by atoms with Gasteiger partial charge in [-0.3, -0.25) is 9.59 Å². The van der Waals surface area contributed by atoms with Crippen LogP contribution < -0.4 is 15.4 Å². The van der Waals surface area contributed by atoms with Crippen LogP contribution in [0.1, 0.15) is 34.6 Å². The monoisotopic (exact) mass is 346 g/mol. The fraction of sp³-hybridized carbons (Fsp3) is 0.222. The Morgan fingerprint density at radius 3 is 2.42 bits per heavy atom. The van der Waals surface area contributed by atoms with Crippen LogP contribution in [0.3, 0.4) is 0 Å². The number of ether oxygens (including phenoxy) is 1. The van der Waals surface area contributed by atoms with E-state index >= 15 is 0 Å². The summed E-state index contributed by atoms with van der Waals surface area (Å²) in [5.74, 6) is -0.108. The second kappa shape index (κ2) is 7.84. The van der Waals surface area contributed by atoms with Crippen molar-refractivity contribution in [3.8, 4) is 5.75 Å². The van der Waals surface area contributed by atoms with Gasteiger partial charge in [-0.25, -0.2) is 0 Å². The van der Waals surface area contributed by atoms with Crippen LogP contribution in [-0.4, -0.2) is 25.0 Å². The Morgan fingerprint density at radius 1 is 1.08 bits per heavy atom. The van der Waals surface area contributed by atoms with E-state index in [9.17, 15) is 9.59 Å². The molecular weight excluding hydrogens is 328 g/mol. The molecule has 2 rings (SSSR count). The number of rotatable bonds is 5. The van der Waals surface area contributed by atoms with E-state index in [-0.39, 0.29) is 17.9 Å². The Morgan fingerprint density at radius 2 is 1.79 bits per heavy atom. The Bertz CT molecular complexity index is 760. The predicted octanol–water partition coefficient (Wildman–Crippen LogP) is 3.74. The lowest BCUT2D eigenvalue weighted by Crippen LogP contribution is -2.31. The summed E-state index contributed by atoms with van der Waals surface area (Å²) in [6.45, 7) is 3.75. The predicted molar refractivity (Wildman–Crippen MR) is 95.0 cm³/mol. The van der Waals surface area contributed by atoms with Crippen LogP contribution >= 0.6 is 11.6 Å². The summed E-state index contributed by atoms with van der Waals surface area (Å²) in [7, 11) is 1.50. The molecule has 0 saturated heterocycles. The smallest absolute Gasteiger partial charge is 0.255 e. The molecule has 0 saturated carbocycles. The first kappa shape index (κ1) is 17.8. The van der Waals surface area contributed by atoms with Gasteiger partial charge in [-0.1, -0.05) is 23.7 Å². The number of nitrogens with one attached hydrogen (secondary N) is 2. The molecule has 0 atom stereocenters. The van der Waals surface area contributed by atoms with Crippen molar-refractivity contribution in [2.45, 2.75) is 19.9 Å². The van der Waals surface area contributed by atoms with Gasteiger partial charge < -0.3 is 15.4 Å². The van der Waals surface area contributed by atoms with E-state index < -0.39 is 0 Å². The van der Waals surface area contributed by atoms with Gasteiger partial charge in [-0.05, 0) is 44.2 Å². The number of halogens is 1. The summed E-state index contributed by atoms with van der Waals surface area (Å²) in [6, 6.07) is 11.6. The normalized spacial score (nSPS) is 10.4. The van der Waals surface area contributed by atoms with Crippen molar-refractivity contribution in [2.75, 3.05) is 12.4 Å². The lowest BCUT2D eigenvalue weighted by atomic mass is 10.1. The summed E-state index contributed by atoms with van der Waals surface area (Å²) >= 11 is 6.05. The Hall–Kier alpha value is -2.53. The van der Waals surface area contributed by atoms with Crippen LogP contribution in [0.5, 0.6) is 5.75 Å². The van der Waals surface area contributed by atoms with Gasteiger partial charge in [0.2, 0.25) is 0 Å². The minimum absolute atomic E-state index is 0.00153. The topological polar surface area (TPSA) is 67.4 Å². The summed E-state index contributed by atoms with van der Waals surface area (Å²) in [5, 5.41) is 5.90.